The number of benzene rings is 1. The van der Waals surface area contributed by atoms with Gasteiger partial charge < -0.3 is 25.0 Å². The molecule has 0 saturated heterocycles. The van der Waals surface area contributed by atoms with Gasteiger partial charge in [0.15, 0.2) is 0 Å². The minimum Gasteiger partial charge on any atom is -0.382 e. The van der Waals surface area contributed by atoms with E-state index in [4.69, 9.17) is 11.6 Å². The molecule has 210 valence electrons. The Hall–Kier alpha value is -2.35. The first kappa shape index (κ1) is 30.2. The first-order valence-corrected chi connectivity index (χ1v) is 14.1. The van der Waals surface area contributed by atoms with E-state index in [-0.39, 0.29) is 24.1 Å². The third-order valence-electron chi connectivity index (χ3n) is 8.21. The van der Waals surface area contributed by atoms with Gasteiger partial charge >= 0.3 is 0 Å². The van der Waals surface area contributed by atoms with Crippen LogP contribution < -0.4 is 16.2 Å². The number of hydrogen-bond acceptors (Lipinski definition) is 5. The molecular weight excluding hydrogens is 498 g/mol. The number of aryl methyl sites for hydroxylation is 2. The van der Waals surface area contributed by atoms with Gasteiger partial charge in [0.05, 0.1) is 0 Å². The predicted molar refractivity (Wildman–Crippen MR) is 159 cm³/mol. The molecular formula is C30H46ClN5O2. The first-order valence-electron chi connectivity index (χ1n) is 13.7. The van der Waals surface area contributed by atoms with E-state index >= 15 is 0 Å². The smallest absolute Gasteiger partial charge is 0.256 e. The standard InChI is InChI=1S/C30H46ClN5O2/c1-19-15-20(2)36(14-13-34(5)6)30(38)27(19)18-32-29(37)26-16-24(31)17-28(21(26)3)33-22(4)23-9-11-25(12-10-23)35(7)8/h15-17,22-23,25,33H,9-14,18H2,1-8H3,(H,32,37)/t22?,23-,25-. The summed E-state index contributed by atoms with van der Waals surface area (Å²) in [5.74, 6) is 0.354. The quantitative estimate of drug-likeness (QED) is 0.449. The molecule has 2 aromatic rings. The van der Waals surface area contributed by atoms with E-state index in [9.17, 15) is 9.59 Å². The summed E-state index contributed by atoms with van der Waals surface area (Å²) >= 11 is 6.47. The van der Waals surface area contributed by atoms with Crippen LogP contribution in [0.2, 0.25) is 5.02 Å². The van der Waals surface area contributed by atoms with Gasteiger partial charge in [-0.2, -0.15) is 0 Å². The van der Waals surface area contributed by atoms with Crippen molar-refractivity contribution in [2.45, 2.75) is 78.6 Å². The van der Waals surface area contributed by atoms with Crippen LogP contribution in [-0.4, -0.2) is 67.1 Å². The third kappa shape index (κ3) is 7.39. The van der Waals surface area contributed by atoms with Gasteiger partial charge in [0.1, 0.15) is 0 Å². The van der Waals surface area contributed by atoms with Crippen molar-refractivity contribution in [2.75, 3.05) is 40.1 Å². The van der Waals surface area contributed by atoms with Crippen molar-refractivity contribution in [3.05, 3.63) is 61.5 Å². The second-order valence-electron chi connectivity index (χ2n) is 11.5. The van der Waals surface area contributed by atoms with Crippen LogP contribution in [0.15, 0.2) is 23.0 Å². The molecule has 1 atom stereocenters. The van der Waals surface area contributed by atoms with E-state index < -0.39 is 0 Å². The van der Waals surface area contributed by atoms with Gasteiger partial charge in [0.25, 0.3) is 11.5 Å². The van der Waals surface area contributed by atoms with Crippen LogP contribution >= 0.6 is 11.6 Å². The minimum atomic E-state index is -0.230. The second kappa shape index (κ2) is 13.1. The molecule has 1 amide bonds. The third-order valence-corrected chi connectivity index (χ3v) is 8.42. The molecule has 0 spiro atoms. The number of carbonyl (C=O) groups excluding carboxylic acids is 1. The Morgan fingerprint density at radius 3 is 2.34 bits per heavy atom. The molecule has 1 aliphatic rings. The normalized spacial score (nSPS) is 18.6. The zero-order valence-corrected chi connectivity index (χ0v) is 25.2. The molecule has 7 nitrogen and oxygen atoms in total. The lowest BCUT2D eigenvalue weighted by Crippen LogP contribution is -2.36. The lowest BCUT2D eigenvalue weighted by atomic mass is 9.81. The molecule has 0 radical (unpaired) electrons. The molecule has 1 aliphatic carbocycles. The highest BCUT2D eigenvalue weighted by atomic mass is 35.5. The van der Waals surface area contributed by atoms with E-state index in [2.05, 4.69) is 41.5 Å². The van der Waals surface area contributed by atoms with Gasteiger partial charge in [-0.3, -0.25) is 9.59 Å². The summed E-state index contributed by atoms with van der Waals surface area (Å²) in [4.78, 5) is 30.9. The zero-order chi connectivity index (χ0) is 28.1. The fourth-order valence-corrected chi connectivity index (χ4v) is 5.79. The number of amides is 1. The van der Waals surface area contributed by atoms with Crippen molar-refractivity contribution >= 4 is 23.2 Å². The number of hydrogen-bond donors (Lipinski definition) is 2. The van der Waals surface area contributed by atoms with Crippen LogP contribution in [-0.2, 0) is 13.1 Å². The number of aromatic nitrogens is 1. The number of carbonyl (C=O) groups is 1. The molecule has 1 aromatic heterocycles. The van der Waals surface area contributed by atoms with Crippen molar-refractivity contribution < 1.29 is 4.79 Å². The Balaban J connectivity index is 1.73. The molecule has 0 aliphatic heterocycles. The summed E-state index contributed by atoms with van der Waals surface area (Å²) < 4.78 is 1.79. The second-order valence-corrected chi connectivity index (χ2v) is 11.9. The van der Waals surface area contributed by atoms with Gasteiger partial charge in [-0.25, -0.2) is 0 Å². The molecule has 2 N–H and O–H groups in total. The van der Waals surface area contributed by atoms with Crippen molar-refractivity contribution in [2.24, 2.45) is 5.92 Å². The lowest BCUT2D eigenvalue weighted by molar-refractivity contribution is 0.0950. The Morgan fingerprint density at radius 2 is 1.74 bits per heavy atom. The number of rotatable bonds is 10. The van der Waals surface area contributed by atoms with Gasteiger partial charge in [-0.15, -0.1) is 0 Å². The summed E-state index contributed by atoms with van der Waals surface area (Å²) in [7, 11) is 8.30. The van der Waals surface area contributed by atoms with Crippen LogP contribution in [0.1, 0.15) is 65.3 Å². The first-order chi connectivity index (χ1) is 17.9. The molecule has 1 unspecified atom stereocenters. The average Bonchev–Trinajstić information content (AvgIpc) is 2.85. The Kier molecular flexibility index (Phi) is 10.4. The number of likely N-dealkylation sites (N-methyl/N-ethyl adjacent to an activating group) is 1. The summed E-state index contributed by atoms with van der Waals surface area (Å²) in [6.07, 6.45) is 4.79. The maximum absolute atomic E-state index is 13.3. The van der Waals surface area contributed by atoms with E-state index in [1.54, 1.807) is 10.6 Å². The SMILES string of the molecule is Cc1cc(C)n(CCN(C)C)c(=O)c1CNC(=O)c1cc(Cl)cc(NC(C)[C@H]2CC[C@H](N(C)C)CC2)c1C. The Bertz CT molecular complexity index is 1180. The maximum Gasteiger partial charge on any atom is 0.256 e. The average molecular weight is 544 g/mol. The highest BCUT2D eigenvalue weighted by molar-refractivity contribution is 6.31. The van der Waals surface area contributed by atoms with Gasteiger partial charge in [0, 0.05) is 59.2 Å². The van der Waals surface area contributed by atoms with Crippen LogP contribution in [0.4, 0.5) is 5.69 Å². The van der Waals surface area contributed by atoms with E-state index in [1.165, 1.54) is 25.7 Å². The van der Waals surface area contributed by atoms with Crippen molar-refractivity contribution in [1.29, 1.82) is 0 Å². The molecule has 38 heavy (non-hydrogen) atoms. The monoisotopic (exact) mass is 543 g/mol. The molecule has 8 heteroatoms. The molecule has 1 fully saturated rings. The van der Waals surface area contributed by atoms with Gasteiger partial charge in [0.2, 0.25) is 0 Å². The zero-order valence-electron chi connectivity index (χ0n) is 24.4. The largest absolute Gasteiger partial charge is 0.382 e. The van der Waals surface area contributed by atoms with Crippen LogP contribution in [0.3, 0.4) is 0 Å². The summed E-state index contributed by atoms with van der Waals surface area (Å²) in [6.45, 7) is 9.60. The van der Waals surface area contributed by atoms with E-state index in [0.29, 0.717) is 34.7 Å². The van der Waals surface area contributed by atoms with Gasteiger partial charge in [-0.05, 0) is 117 Å². The number of pyridine rings is 1. The van der Waals surface area contributed by atoms with Crippen LogP contribution in [0, 0.1) is 26.7 Å². The van der Waals surface area contributed by atoms with Gasteiger partial charge in [-0.1, -0.05) is 11.6 Å². The van der Waals surface area contributed by atoms with E-state index in [1.807, 2.05) is 47.0 Å². The Morgan fingerprint density at radius 1 is 1.08 bits per heavy atom. The fourth-order valence-electron chi connectivity index (χ4n) is 5.57. The Labute approximate surface area is 233 Å². The van der Waals surface area contributed by atoms with Crippen LogP contribution in [0.5, 0.6) is 0 Å². The highest BCUT2D eigenvalue weighted by Crippen LogP contribution is 2.32. The van der Waals surface area contributed by atoms with Crippen molar-refractivity contribution in [1.82, 2.24) is 19.7 Å². The molecule has 1 aromatic carbocycles. The number of nitrogens with zero attached hydrogens (tertiary/aromatic N) is 3. The summed E-state index contributed by atoms with van der Waals surface area (Å²) in [5, 5.41) is 7.15. The molecule has 0 bridgehead atoms. The highest BCUT2D eigenvalue weighted by Gasteiger charge is 2.27. The fraction of sp³-hybridized carbons (Fsp3) is 0.600. The van der Waals surface area contributed by atoms with Crippen LogP contribution in [0.25, 0.3) is 0 Å². The topological polar surface area (TPSA) is 69.6 Å². The lowest BCUT2D eigenvalue weighted by Gasteiger charge is -2.36. The minimum absolute atomic E-state index is 0.0485. The van der Waals surface area contributed by atoms with Crippen molar-refractivity contribution in [3.8, 4) is 0 Å². The number of halogens is 1. The number of anilines is 1. The predicted octanol–water partition coefficient (Wildman–Crippen LogP) is 4.84. The number of nitrogens with one attached hydrogen (secondary N) is 2. The molecule has 3 rings (SSSR count). The molecule has 1 saturated carbocycles. The molecule has 1 heterocycles. The summed E-state index contributed by atoms with van der Waals surface area (Å²) in [6, 6.07) is 6.57. The summed E-state index contributed by atoms with van der Waals surface area (Å²) in [5.41, 5.74) is 4.66. The van der Waals surface area contributed by atoms with E-state index in [0.717, 1.165) is 29.1 Å². The maximum atomic E-state index is 13.3. The van der Waals surface area contributed by atoms with Crippen molar-refractivity contribution in [3.63, 3.8) is 0 Å².